The van der Waals surface area contributed by atoms with Gasteiger partial charge in [-0.05, 0) is 0 Å². The summed E-state index contributed by atoms with van der Waals surface area (Å²) in [6, 6.07) is 0. The Morgan fingerprint density at radius 3 is 0.371 bits per heavy atom. The van der Waals surface area contributed by atoms with Crippen molar-refractivity contribution in [3.8, 4) is 0 Å². The van der Waals surface area contributed by atoms with E-state index in [4.69, 9.17) is 0 Å². The summed E-state index contributed by atoms with van der Waals surface area (Å²) >= 11 is 0. The molecule has 11 heteroatoms. The minimum absolute atomic E-state index is 1.30. The molecular formula is C24H72Si11. The van der Waals surface area contributed by atoms with Crippen molar-refractivity contribution in [2.24, 2.45) is 0 Å². The van der Waals surface area contributed by atoms with E-state index in [1.54, 1.807) is 0 Å². The Balaban J connectivity index is 8.25. The van der Waals surface area contributed by atoms with Gasteiger partial charge in [-0.1, -0.05) is 157 Å². The molecule has 0 fully saturated rings. The monoisotopic (exact) mass is 668 g/mol. The summed E-state index contributed by atoms with van der Waals surface area (Å²) in [4.78, 5) is 0. The van der Waals surface area contributed by atoms with Crippen molar-refractivity contribution in [2.75, 3.05) is 0 Å². The van der Waals surface area contributed by atoms with Gasteiger partial charge in [0.25, 0.3) is 0 Å². The fraction of sp³-hybridized carbons (Fsp3) is 1.00. The molecule has 0 saturated carbocycles. The van der Waals surface area contributed by atoms with Gasteiger partial charge >= 0.3 is 0 Å². The van der Waals surface area contributed by atoms with Crippen LogP contribution < -0.4 is 0 Å². The highest BCUT2D eigenvalue weighted by Crippen LogP contribution is 2.53. The Morgan fingerprint density at radius 2 is 0.286 bits per heavy atom. The summed E-state index contributed by atoms with van der Waals surface area (Å²) in [7, 11) is -12.2. The summed E-state index contributed by atoms with van der Waals surface area (Å²) < 4.78 is 0. The van der Waals surface area contributed by atoms with Crippen molar-refractivity contribution in [3.63, 3.8) is 0 Å². The fourth-order valence-corrected chi connectivity index (χ4v) is 543. The third-order valence-corrected chi connectivity index (χ3v) is 308. The molecule has 0 bridgehead atoms. The van der Waals surface area contributed by atoms with Gasteiger partial charge in [-0.2, -0.15) is 0 Å². The van der Waals surface area contributed by atoms with Crippen LogP contribution in [0.3, 0.4) is 0 Å². The topological polar surface area (TPSA) is 0 Å². The van der Waals surface area contributed by atoms with E-state index in [0.717, 1.165) is 0 Å². The molecule has 0 saturated heterocycles. The summed E-state index contributed by atoms with van der Waals surface area (Å²) in [6.45, 7) is 70.7. The van der Waals surface area contributed by atoms with E-state index in [1.807, 2.05) is 0 Å². The Hall–Kier alpha value is 2.39. The summed E-state index contributed by atoms with van der Waals surface area (Å²) in [5.74, 6) is 0. The minimum Gasteiger partial charge on any atom is -0.0739 e. The molecule has 0 atom stereocenters. The molecule has 0 N–H and O–H groups in total. The largest absolute Gasteiger partial charge is 0.0739 e. The molecule has 0 nitrogen and oxygen atoms in total. The van der Waals surface area contributed by atoms with Crippen molar-refractivity contribution in [1.29, 1.82) is 0 Å². The second-order valence-electron chi connectivity index (χ2n) is 19.9. The van der Waals surface area contributed by atoms with E-state index in [-0.39, 0.29) is 0 Å². The van der Waals surface area contributed by atoms with Crippen molar-refractivity contribution < 1.29 is 0 Å². The molecule has 0 radical (unpaired) electrons. The predicted molar refractivity (Wildman–Crippen MR) is 204 cm³/mol. The van der Waals surface area contributed by atoms with Gasteiger partial charge in [-0.15, -0.1) is 0 Å². The van der Waals surface area contributed by atoms with Gasteiger partial charge in [-0.3, -0.25) is 0 Å². The Morgan fingerprint density at radius 1 is 0.171 bits per heavy atom. The lowest BCUT2D eigenvalue weighted by Crippen LogP contribution is -3.04. The Labute approximate surface area is 234 Å². The highest BCUT2D eigenvalue weighted by atomic mass is 30.4. The zero-order valence-electron chi connectivity index (χ0n) is 29.5. The lowest BCUT2D eigenvalue weighted by atomic mass is 11.8. The highest BCUT2D eigenvalue weighted by Gasteiger charge is 2.79. The van der Waals surface area contributed by atoms with E-state index < -0.39 is 79.2 Å². The second-order valence-corrected chi connectivity index (χ2v) is 150. The van der Waals surface area contributed by atoms with Crippen LogP contribution in [0.5, 0.6) is 0 Å². The zero-order valence-corrected chi connectivity index (χ0v) is 40.5. The van der Waals surface area contributed by atoms with E-state index >= 15 is 0 Å². The smallest absolute Gasteiger partial charge is 0.0316 e. The van der Waals surface area contributed by atoms with Crippen LogP contribution in [0.2, 0.25) is 157 Å². The quantitative estimate of drug-likeness (QED) is 0.203. The SMILES string of the molecule is C[Si](C)(C)[Si]([Si](C)(C)C)([Si](C)(C)C)[Si](C)(C)[Si](C)(C)[Si](C)(C)[Si]([Si](C)(C)C)([Si](C)(C)C)[Si](C)(C)C. The maximum atomic E-state index is 3.10. The molecule has 0 aromatic heterocycles. The molecule has 0 aliphatic carbocycles. The molecule has 0 unspecified atom stereocenters. The first kappa shape index (κ1) is 37.4. The lowest BCUT2D eigenvalue weighted by molar-refractivity contribution is 1.72. The van der Waals surface area contributed by atoms with Gasteiger partial charge in [0, 0.05) is 79.2 Å². The van der Waals surface area contributed by atoms with Gasteiger partial charge in [0.2, 0.25) is 0 Å². The standard InChI is InChI=1S/C24H72Si11/c1-25(2,3)34(26(4,5)6,27(7,8)9)32(21,22)31(19,20)33(23,24)35(28(10,11)12,29(13,14)15)30(16,17)18/h1-24H3. The highest BCUT2D eigenvalue weighted by molar-refractivity contribution is 8.22. The van der Waals surface area contributed by atoms with Gasteiger partial charge in [-0.25, -0.2) is 0 Å². The third-order valence-electron chi connectivity index (χ3n) is 11.8. The molecule has 0 aromatic rings. The van der Waals surface area contributed by atoms with Crippen molar-refractivity contribution in [3.05, 3.63) is 0 Å². The minimum atomic E-state index is -1.48. The van der Waals surface area contributed by atoms with Crippen LogP contribution in [0.1, 0.15) is 0 Å². The van der Waals surface area contributed by atoms with E-state index in [9.17, 15) is 0 Å². The van der Waals surface area contributed by atoms with Gasteiger partial charge in [0.05, 0.1) is 0 Å². The number of hydrogen-bond acceptors (Lipinski definition) is 0. The van der Waals surface area contributed by atoms with E-state index in [0.29, 0.717) is 0 Å². The molecule has 0 aliphatic heterocycles. The molecule has 0 amide bonds. The lowest BCUT2D eigenvalue weighted by Gasteiger charge is -2.74. The average Bonchev–Trinajstić information content (AvgIpc) is 2.35. The molecule has 35 heavy (non-hydrogen) atoms. The van der Waals surface area contributed by atoms with Crippen molar-refractivity contribution >= 4 is 79.2 Å². The predicted octanol–water partition coefficient (Wildman–Crippen LogP) is 9.82. The summed E-state index contributed by atoms with van der Waals surface area (Å²) in [5.41, 5.74) is 0. The molecule has 0 spiro atoms. The fourth-order valence-electron chi connectivity index (χ4n) is 14.1. The molecule has 212 valence electrons. The summed E-state index contributed by atoms with van der Waals surface area (Å²) in [5, 5.41) is 0. The van der Waals surface area contributed by atoms with E-state index in [1.165, 1.54) is 0 Å². The molecule has 0 aromatic carbocycles. The molecule has 0 aliphatic rings. The third kappa shape index (κ3) is 5.04. The van der Waals surface area contributed by atoms with Crippen LogP contribution in [-0.4, -0.2) is 79.2 Å². The molecule has 0 rings (SSSR count). The van der Waals surface area contributed by atoms with E-state index in [2.05, 4.69) is 157 Å². The van der Waals surface area contributed by atoms with Crippen LogP contribution in [0, 0.1) is 0 Å². The number of rotatable bonds is 10. The van der Waals surface area contributed by atoms with Crippen LogP contribution in [-0.2, 0) is 0 Å². The van der Waals surface area contributed by atoms with Crippen LogP contribution in [0.25, 0.3) is 0 Å². The van der Waals surface area contributed by atoms with Gasteiger partial charge in [0.15, 0.2) is 0 Å². The Kier molecular flexibility index (Phi) is 10.4. The molecule has 0 heterocycles. The van der Waals surface area contributed by atoms with Gasteiger partial charge < -0.3 is 0 Å². The average molecular weight is 670 g/mol. The first-order chi connectivity index (χ1) is 14.5. The van der Waals surface area contributed by atoms with Crippen molar-refractivity contribution in [2.45, 2.75) is 157 Å². The second kappa shape index (κ2) is 9.74. The maximum Gasteiger partial charge on any atom is 0.0316 e. The summed E-state index contributed by atoms with van der Waals surface area (Å²) in [6.07, 6.45) is -2.82. The van der Waals surface area contributed by atoms with Gasteiger partial charge in [0.1, 0.15) is 0 Å². The maximum absolute atomic E-state index is 3.10. The van der Waals surface area contributed by atoms with Crippen LogP contribution >= 0.6 is 0 Å². The van der Waals surface area contributed by atoms with Crippen LogP contribution in [0.4, 0.5) is 0 Å². The molecular weight excluding hydrogens is 597 g/mol. The first-order valence-corrected chi connectivity index (χ1v) is 58.5. The first-order valence-electron chi connectivity index (χ1n) is 14.5. The normalized spacial score (nSPS) is 17.1. The zero-order chi connectivity index (χ0) is 29.5. The Bertz CT molecular complexity index is 620. The van der Waals surface area contributed by atoms with Crippen molar-refractivity contribution in [1.82, 2.24) is 0 Å². The van der Waals surface area contributed by atoms with Crippen LogP contribution in [0.15, 0.2) is 0 Å². The number of hydrogen-bond donors (Lipinski definition) is 0.